The number of fused-ring (bicyclic) bond motifs is 6. The van der Waals surface area contributed by atoms with E-state index in [1.165, 1.54) is 66.1 Å². The van der Waals surface area contributed by atoms with Crippen molar-refractivity contribution in [1.29, 1.82) is 0 Å². The quantitative estimate of drug-likeness (QED) is 0.140. The van der Waals surface area contributed by atoms with Gasteiger partial charge in [0.05, 0.1) is 24.2 Å². The Balaban J connectivity index is 0.977. The molecule has 58 heavy (non-hydrogen) atoms. The summed E-state index contributed by atoms with van der Waals surface area (Å²) in [6.45, 7) is 4.10. The van der Waals surface area contributed by atoms with Gasteiger partial charge in [-0.3, -0.25) is 4.98 Å². The highest BCUT2D eigenvalue weighted by atomic mass is 16.5. The zero-order chi connectivity index (χ0) is 39.2. The molecule has 0 fully saturated rings. The molecule has 0 unspecified atom stereocenters. The number of pyridine rings is 3. The Morgan fingerprint density at radius 1 is 0.500 bits per heavy atom. The molecule has 0 N–H and O–H groups in total. The highest BCUT2D eigenvalue weighted by Crippen LogP contribution is 2.35. The third-order valence-electron chi connectivity index (χ3n) is 11.4. The lowest BCUT2D eigenvalue weighted by molar-refractivity contribution is 0.414. The third-order valence-corrected chi connectivity index (χ3v) is 11.4. The van der Waals surface area contributed by atoms with E-state index in [9.17, 15) is 0 Å². The number of aryl methyl sites for hydroxylation is 6. The van der Waals surface area contributed by atoms with Crippen LogP contribution in [0.25, 0.3) is 66.4 Å². The average Bonchev–Trinajstić information content (AvgIpc) is 3.86. The molecule has 0 amide bonds. The van der Waals surface area contributed by atoms with E-state index in [0.717, 1.165) is 65.4 Å². The fourth-order valence-electron chi connectivity index (χ4n) is 8.48. The summed E-state index contributed by atoms with van der Waals surface area (Å²) < 4.78 is 9.69. The normalized spacial score (nSPS) is 11.6. The molecule has 0 atom stereocenters. The van der Waals surface area contributed by atoms with Crippen molar-refractivity contribution in [2.24, 2.45) is 0 Å². The van der Waals surface area contributed by atoms with E-state index in [-0.39, 0.29) is 0 Å². The standard InChI is InChI=1S/C52H43N5O/c1-34-32-56-24-21-42-27-36(12-18-48(42)51(56)54-34)8-10-38-26-39(11-9-37-13-19-49-43(28-37)22-25-57-33-35(2)55-52(49)57)30-44(29-38)47-7-5-4-6-46(47)40-14-16-41(17-15-40)50-31-45(58-3)20-23-53-50/h4-7,12-33H,8-11H2,1-3H3. The van der Waals surface area contributed by atoms with Crippen molar-refractivity contribution in [3.05, 3.63) is 192 Å². The van der Waals surface area contributed by atoms with Crippen LogP contribution >= 0.6 is 0 Å². The van der Waals surface area contributed by atoms with Crippen molar-refractivity contribution in [2.45, 2.75) is 39.5 Å². The Bertz CT molecular complexity index is 2990. The SMILES string of the molecule is COc1ccnc(-c2ccc(-c3ccccc3-c3cc(CCc4ccc5c(ccn6cc(C)nc56)c4)cc(CCc4ccc5c(ccn6cc(C)nc56)c4)c3)cc2)c1. The lowest BCUT2D eigenvalue weighted by Crippen LogP contribution is -1.98. The van der Waals surface area contributed by atoms with Crippen LogP contribution in [-0.2, 0) is 25.7 Å². The molecular formula is C52H43N5O. The van der Waals surface area contributed by atoms with Crippen LogP contribution in [0.15, 0.2) is 158 Å². The van der Waals surface area contributed by atoms with Crippen LogP contribution in [0.3, 0.4) is 0 Å². The largest absolute Gasteiger partial charge is 0.497 e. The molecule has 5 heterocycles. The van der Waals surface area contributed by atoms with Gasteiger partial charge in [-0.05, 0) is 113 Å². The van der Waals surface area contributed by atoms with Crippen molar-refractivity contribution < 1.29 is 4.74 Å². The number of nitrogens with zero attached hydrogens (tertiary/aromatic N) is 5. The Kier molecular flexibility index (Phi) is 9.02. The van der Waals surface area contributed by atoms with E-state index < -0.39 is 0 Å². The van der Waals surface area contributed by atoms with E-state index in [4.69, 9.17) is 14.7 Å². The second-order valence-corrected chi connectivity index (χ2v) is 15.4. The maximum atomic E-state index is 5.46. The molecule has 10 aromatic rings. The highest BCUT2D eigenvalue weighted by Gasteiger charge is 2.13. The van der Waals surface area contributed by atoms with Gasteiger partial charge in [0.25, 0.3) is 0 Å². The molecule has 5 aromatic carbocycles. The Morgan fingerprint density at radius 2 is 1.03 bits per heavy atom. The second kappa shape index (κ2) is 14.8. The number of methoxy groups -OCH3 is 1. The monoisotopic (exact) mass is 753 g/mol. The van der Waals surface area contributed by atoms with E-state index in [0.29, 0.717) is 0 Å². The van der Waals surface area contributed by atoms with Gasteiger partial charge < -0.3 is 13.5 Å². The van der Waals surface area contributed by atoms with Crippen molar-refractivity contribution in [3.8, 4) is 39.3 Å². The molecule has 0 aliphatic heterocycles. The van der Waals surface area contributed by atoms with Gasteiger partial charge in [-0.15, -0.1) is 0 Å². The number of imidazole rings is 2. The van der Waals surface area contributed by atoms with Crippen molar-refractivity contribution >= 4 is 32.8 Å². The predicted molar refractivity (Wildman–Crippen MR) is 237 cm³/mol. The number of hydrogen-bond acceptors (Lipinski definition) is 4. The maximum absolute atomic E-state index is 5.46. The fourth-order valence-corrected chi connectivity index (χ4v) is 8.48. The molecule has 6 nitrogen and oxygen atoms in total. The molecule has 0 radical (unpaired) electrons. The number of aromatic nitrogens is 5. The molecule has 5 aromatic heterocycles. The minimum atomic E-state index is 0.799. The Hall–Kier alpha value is -7.05. The van der Waals surface area contributed by atoms with Gasteiger partial charge in [-0.25, -0.2) is 9.97 Å². The lowest BCUT2D eigenvalue weighted by Gasteiger charge is -2.15. The number of ether oxygens (including phenoxy) is 1. The van der Waals surface area contributed by atoms with Gasteiger partial charge in [0.1, 0.15) is 17.0 Å². The number of hydrogen-bond donors (Lipinski definition) is 0. The van der Waals surface area contributed by atoms with Gasteiger partial charge in [0.15, 0.2) is 0 Å². The van der Waals surface area contributed by atoms with E-state index >= 15 is 0 Å². The predicted octanol–water partition coefficient (Wildman–Crippen LogP) is 11.9. The van der Waals surface area contributed by atoms with Crippen LogP contribution in [0.1, 0.15) is 33.6 Å². The minimum absolute atomic E-state index is 0.799. The topological polar surface area (TPSA) is 56.7 Å². The van der Waals surface area contributed by atoms with E-state index in [1.807, 2.05) is 26.0 Å². The van der Waals surface area contributed by atoms with E-state index in [2.05, 4.69) is 154 Å². The first-order valence-electron chi connectivity index (χ1n) is 20.0. The summed E-state index contributed by atoms with van der Waals surface area (Å²) in [5, 5.41) is 4.83. The highest BCUT2D eigenvalue weighted by molar-refractivity contribution is 5.95. The minimum Gasteiger partial charge on any atom is -0.497 e. The second-order valence-electron chi connectivity index (χ2n) is 15.4. The first-order chi connectivity index (χ1) is 28.4. The van der Waals surface area contributed by atoms with Crippen LogP contribution in [0, 0.1) is 13.8 Å². The molecule has 0 bridgehead atoms. The first-order valence-corrected chi connectivity index (χ1v) is 20.0. The number of rotatable bonds is 10. The van der Waals surface area contributed by atoms with Crippen molar-refractivity contribution in [1.82, 2.24) is 23.8 Å². The Labute approximate surface area is 338 Å². The summed E-state index contributed by atoms with van der Waals surface area (Å²) in [7, 11) is 1.69. The summed E-state index contributed by atoms with van der Waals surface area (Å²) in [6, 6.07) is 46.7. The van der Waals surface area contributed by atoms with Gasteiger partial charge in [-0.1, -0.05) is 103 Å². The van der Waals surface area contributed by atoms with Gasteiger partial charge in [0, 0.05) is 53.4 Å². The molecule has 282 valence electrons. The molecule has 6 heteroatoms. The third kappa shape index (κ3) is 6.87. The Morgan fingerprint density at radius 3 is 1.60 bits per heavy atom. The zero-order valence-corrected chi connectivity index (χ0v) is 33.0. The van der Waals surface area contributed by atoms with Gasteiger partial charge in [0.2, 0.25) is 0 Å². The first kappa shape index (κ1) is 35.4. The molecule has 10 rings (SSSR count). The van der Waals surface area contributed by atoms with Crippen LogP contribution in [0.5, 0.6) is 5.75 Å². The van der Waals surface area contributed by atoms with Crippen molar-refractivity contribution in [3.63, 3.8) is 0 Å². The van der Waals surface area contributed by atoms with Crippen LogP contribution in [0.4, 0.5) is 0 Å². The summed E-state index contributed by atoms with van der Waals surface area (Å²) in [6.07, 6.45) is 14.0. The van der Waals surface area contributed by atoms with Gasteiger partial charge >= 0.3 is 0 Å². The summed E-state index contributed by atoms with van der Waals surface area (Å²) in [5.41, 5.74) is 16.2. The van der Waals surface area contributed by atoms with Crippen LogP contribution in [-0.4, -0.2) is 30.9 Å². The molecule has 0 spiro atoms. The zero-order valence-electron chi connectivity index (χ0n) is 33.0. The molecule has 0 aliphatic rings. The van der Waals surface area contributed by atoms with Crippen molar-refractivity contribution in [2.75, 3.05) is 7.11 Å². The molecule has 0 saturated carbocycles. The smallest absolute Gasteiger partial charge is 0.144 e. The molecule has 0 aliphatic carbocycles. The maximum Gasteiger partial charge on any atom is 0.144 e. The average molecular weight is 754 g/mol. The van der Waals surface area contributed by atoms with Crippen LogP contribution in [0.2, 0.25) is 0 Å². The number of benzene rings is 5. The summed E-state index contributed by atoms with van der Waals surface area (Å²) >= 11 is 0. The van der Waals surface area contributed by atoms with E-state index in [1.54, 1.807) is 13.3 Å². The fraction of sp³-hybridized carbons (Fsp3) is 0.135. The summed E-state index contributed by atoms with van der Waals surface area (Å²) in [5.74, 6) is 0.799. The van der Waals surface area contributed by atoms with Crippen LogP contribution < -0.4 is 4.74 Å². The van der Waals surface area contributed by atoms with Gasteiger partial charge in [-0.2, -0.15) is 0 Å². The summed E-state index contributed by atoms with van der Waals surface area (Å²) in [4.78, 5) is 14.2. The molecule has 0 saturated heterocycles. The lowest BCUT2D eigenvalue weighted by atomic mass is 9.90. The molecular weight excluding hydrogens is 711 g/mol.